The normalized spacial score (nSPS) is 11.4. The number of nitrogens with zero attached hydrogens (tertiary/aromatic N) is 6. The number of pyridine rings is 2. The molecule has 6 rings (SSSR count). The van der Waals surface area contributed by atoms with Crippen LogP contribution in [0.3, 0.4) is 0 Å². The number of fused-ring (bicyclic) bond motifs is 2. The van der Waals surface area contributed by atoms with Gasteiger partial charge in [0.1, 0.15) is 17.0 Å². The molecule has 2 N–H and O–H groups in total. The summed E-state index contributed by atoms with van der Waals surface area (Å²) in [5.41, 5.74) is 5.75. The second kappa shape index (κ2) is 6.77. The molecule has 0 unspecified atom stereocenters. The highest BCUT2D eigenvalue weighted by molar-refractivity contribution is 5.96. The van der Waals surface area contributed by atoms with Gasteiger partial charge in [-0.15, -0.1) is 0 Å². The third-order valence-electron chi connectivity index (χ3n) is 5.02. The Balaban J connectivity index is 1.51. The highest BCUT2D eigenvalue weighted by atomic mass is 19.1. The van der Waals surface area contributed by atoms with Crippen molar-refractivity contribution in [2.45, 2.75) is 0 Å². The van der Waals surface area contributed by atoms with Crippen LogP contribution in [-0.2, 0) is 0 Å². The third kappa shape index (κ3) is 2.91. The van der Waals surface area contributed by atoms with E-state index in [-0.39, 0.29) is 5.82 Å². The Hall–Kier alpha value is -4.53. The zero-order chi connectivity index (χ0) is 20.8. The summed E-state index contributed by atoms with van der Waals surface area (Å²) >= 11 is 0. The van der Waals surface area contributed by atoms with E-state index in [4.69, 9.17) is 4.98 Å². The van der Waals surface area contributed by atoms with Crippen molar-refractivity contribution < 1.29 is 4.39 Å². The van der Waals surface area contributed by atoms with E-state index >= 15 is 0 Å². The van der Waals surface area contributed by atoms with Gasteiger partial charge in [-0.3, -0.25) is 20.1 Å². The fourth-order valence-electron chi connectivity index (χ4n) is 3.54. The van der Waals surface area contributed by atoms with Crippen molar-refractivity contribution in [2.24, 2.45) is 0 Å². The maximum atomic E-state index is 13.3. The van der Waals surface area contributed by atoms with E-state index < -0.39 is 0 Å². The molecule has 1 aromatic carbocycles. The molecule has 8 nitrogen and oxygen atoms in total. The number of halogens is 1. The minimum absolute atomic E-state index is 0.298. The minimum atomic E-state index is -0.298. The standard InChI is InChI=1S/C22H13FN8/c23-14-3-1-12(2-4-14)18-20-16(5-6-26-18)28-22(29-20)19-15-9-13(10-27-21(15)31-30-19)17-11-24-7-8-25-17/h1-11H,(H,28,29)(H,27,30,31). The van der Waals surface area contributed by atoms with Crippen LogP contribution in [-0.4, -0.2) is 40.1 Å². The van der Waals surface area contributed by atoms with Crippen LogP contribution in [0.15, 0.2) is 67.4 Å². The molecule has 0 saturated heterocycles. The summed E-state index contributed by atoms with van der Waals surface area (Å²) in [6.07, 6.45) is 8.37. The molecule has 0 bridgehead atoms. The molecule has 0 aliphatic heterocycles. The van der Waals surface area contributed by atoms with Crippen LogP contribution in [0.4, 0.5) is 4.39 Å². The zero-order valence-corrected chi connectivity index (χ0v) is 15.9. The lowest BCUT2D eigenvalue weighted by Gasteiger charge is -2.01. The van der Waals surface area contributed by atoms with Crippen LogP contribution in [0.5, 0.6) is 0 Å². The first kappa shape index (κ1) is 17.3. The average molecular weight is 408 g/mol. The summed E-state index contributed by atoms with van der Waals surface area (Å²) in [7, 11) is 0. The largest absolute Gasteiger partial charge is 0.336 e. The van der Waals surface area contributed by atoms with Crippen molar-refractivity contribution in [1.29, 1.82) is 0 Å². The zero-order valence-electron chi connectivity index (χ0n) is 15.9. The lowest BCUT2D eigenvalue weighted by atomic mass is 10.1. The third-order valence-corrected chi connectivity index (χ3v) is 5.02. The summed E-state index contributed by atoms with van der Waals surface area (Å²) < 4.78 is 13.3. The van der Waals surface area contributed by atoms with Gasteiger partial charge in [0.05, 0.1) is 28.5 Å². The molecule has 5 heterocycles. The van der Waals surface area contributed by atoms with Crippen molar-refractivity contribution in [2.75, 3.05) is 0 Å². The SMILES string of the molecule is Fc1ccc(-c2nccc3[nH]c(-c4n[nH]c5ncc(-c6cnccn6)cc45)nc23)cc1. The molecule has 0 saturated carbocycles. The van der Waals surface area contributed by atoms with Gasteiger partial charge in [-0.1, -0.05) is 0 Å². The molecule has 0 amide bonds. The highest BCUT2D eigenvalue weighted by Crippen LogP contribution is 2.31. The maximum absolute atomic E-state index is 13.3. The number of nitrogens with one attached hydrogen (secondary N) is 2. The fraction of sp³-hybridized carbons (Fsp3) is 0. The molecule has 0 spiro atoms. The van der Waals surface area contributed by atoms with Gasteiger partial charge in [0, 0.05) is 35.9 Å². The predicted molar refractivity (Wildman–Crippen MR) is 113 cm³/mol. The molecule has 148 valence electrons. The van der Waals surface area contributed by atoms with Crippen LogP contribution in [0.25, 0.3) is 56.1 Å². The van der Waals surface area contributed by atoms with Gasteiger partial charge in [-0.05, 0) is 36.4 Å². The lowest BCUT2D eigenvalue weighted by Crippen LogP contribution is -1.87. The second-order valence-electron chi connectivity index (χ2n) is 6.93. The number of H-pyrrole nitrogens is 2. The van der Waals surface area contributed by atoms with Gasteiger partial charge < -0.3 is 4.98 Å². The molecule has 6 aromatic rings. The Kier molecular flexibility index (Phi) is 3.79. The summed E-state index contributed by atoms with van der Waals surface area (Å²) in [4.78, 5) is 25.4. The number of aromatic amines is 2. The van der Waals surface area contributed by atoms with Gasteiger partial charge in [0.25, 0.3) is 0 Å². The Bertz CT molecular complexity index is 1540. The Morgan fingerprint density at radius 2 is 1.71 bits per heavy atom. The Morgan fingerprint density at radius 1 is 0.806 bits per heavy atom. The first-order chi connectivity index (χ1) is 15.3. The first-order valence-corrected chi connectivity index (χ1v) is 9.48. The van der Waals surface area contributed by atoms with E-state index in [1.807, 2.05) is 12.1 Å². The van der Waals surface area contributed by atoms with E-state index in [0.717, 1.165) is 27.7 Å². The van der Waals surface area contributed by atoms with Crippen LogP contribution in [0.1, 0.15) is 0 Å². The van der Waals surface area contributed by atoms with Gasteiger partial charge in [-0.25, -0.2) is 14.4 Å². The minimum Gasteiger partial charge on any atom is -0.336 e. The van der Waals surface area contributed by atoms with E-state index in [0.29, 0.717) is 28.4 Å². The van der Waals surface area contributed by atoms with Crippen molar-refractivity contribution >= 4 is 22.1 Å². The Morgan fingerprint density at radius 3 is 2.55 bits per heavy atom. The number of hydrogen-bond acceptors (Lipinski definition) is 6. The van der Waals surface area contributed by atoms with Crippen LogP contribution < -0.4 is 0 Å². The molecule has 5 aromatic heterocycles. The topological polar surface area (TPSA) is 109 Å². The van der Waals surface area contributed by atoms with Gasteiger partial charge >= 0.3 is 0 Å². The van der Waals surface area contributed by atoms with Crippen LogP contribution in [0, 0.1) is 5.82 Å². The quantitative estimate of drug-likeness (QED) is 0.455. The predicted octanol–water partition coefficient (Wildman–Crippen LogP) is 4.16. The van der Waals surface area contributed by atoms with E-state index in [9.17, 15) is 4.39 Å². The Labute approximate surface area is 174 Å². The lowest BCUT2D eigenvalue weighted by molar-refractivity contribution is 0.628. The van der Waals surface area contributed by atoms with Gasteiger partial charge in [0.2, 0.25) is 0 Å². The fourth-order valence-corrected chi connectivity index (χ4v) is 3.54. The molecule has 0 aliphatic rings. The van der Waals surface area contributed by atoms with Crippen molar-refractivity contribution in [1.82, 2.24) is 40.1 Å². The number of imidazole rings is 1. The average Bonchev–Trinajstić information content (AvgIpc) is 3.43. The molecule has 0 aliphatic carbocycles. The molecule has 0 atom stereocenters. The maximum Gasteiger partial charge on any atom is 0.159 e. The monoisotopic (exact) mass is 408 g/mol. The first-order valence-electron chi connectivity index (χ1n) is 9.48. The highest BCUT2D eigenvalue weighted by Gasteiger charge is 2.17. The summed E-state index contributed by atoms with van der Waals surface area (Å²) in [6.45, 7) is 0. The van der Waals surface area contributed by atoms with Crippen molar-refractivity contribution in [3.63, 3.8) is 0 Å². The van der Waals surface area contributed by atoms with Crippen molar-refractivity contribution in [3.05, 3.63) is 73.2 Å². The smallest absolute Gasteiger partial charge is 0.159 e. The summed E-state index contributed by atoms with van der Waals surface area (Å²) in [5.74, 6) is 0.281. The number of hydrogen-bond donors (Lipinski definition) is 2. The molecule has 0 fully saturated rings. The van der Waals surface area contributed by atoms with Crippen LogP contribution >= 0.6 is 0 Å². The molecule has 9 heteroatoms. The number of rotatable bonds is 3. The van der Waals surface area contributed by atoms with E-state index in [1.54, 1.807) is 43.1 Å². The summed E-state index contributed by atoms with van der Waals surface area (Å²) in [6, 6.07) is 9.99. The van der Waals surface area contributed by atoms with Gasteiger partial charge in [0.15, 0.2) is 11.5 Å². The van der Waals surface area contributed by atoms with E-state index in [1.165, 1.54) is 12.1 Å². The number of aromatic nitrogens is 8. The number of benzene rings is 1. The van der Waals surface area contributed by atoms with Crippen LogP contribution in [0.2, 0.25) is 0 Å². The molecular weight excluding hydrogens is 395 g/mol. The van der Waals surface area contributed by atoms with Gasteiger partial charge in [-0.2, -0.15) is 5.10 Å². The van der Waals surface area contributed by atoms with E-state index in [2.05, 4.69) is 35.1 Å². The summed E-state index contributed by atoms with van der Waals surface area (Å²) in [5, 5.41) is 8.17. The molecule has 0 radical (unpaired) electrons. The molecule has 31 heavy (non-hydrogen) atoms. The second-order valence-corrected chi connectivity index (χ2v) is 6.93. The molecular formula is C22H13FN8. The van der Waals surface area contributed by atoms with Crippen molar-refractivity contribution in [3.8, 4) is 34.0 Å².